The lowest BCUT2D eigenvalue weighted by Crippen LogP contribution is -2.32. The maximum Gasteiger partial charge on any atom is 0.407 e. The van der Waals surface area contributed by atoms with Gasteiger partial charge in [0.15, 0.2) is 11.5 Å². The van der Waals surface area contributed by atoms with Crippen molar-refractivity contribution in [2.45, 2.75) is 32.9 Å². The lowest BCUT2D eigenvalue weighted by molar-refractivity contribution is 0.0523. The Labute approximate surface area is 176 Å². The van der Waals surface area contributed by atoms with Gasteiger partial charge in [-0.05, 0) is 32.9 Å². The van der Waals surface area contributed by atoms with E-state index in [1.165, 1.54) is 20.4 Å². The molecule has 0 bridgehead atoms. The first-order chi connectivity index (χ1) is 14.2. The number of benzene rings is 1. The highest BCUT2D eigenvalue weighted by atomic mass is 16.6. The molecule has 0 aliphatic heterocycles. The molecule has 1 aromatic heterocycles. The number of rotatable bonds is 8. The number of fused-ring (bicyclic) bond motifs is 1. The highest BCUT2D eigenvalue weighted by Gasteiger charge is 2.19. The number of ether oxygens (including phenoxy) is 4. The number of amides is 2. The molecule has 0 radical (unpaired) electrons. The Balaban J connectivity index is 2.42. The van der Waals surface area contributed by atoms with Gasteiger partial charge >= 0.3 is 6.09 Å². The third-order valence-corrected chi connectivity index (χ3v) is 4.11. The van der Waals surface area contributed by atoms with E-state index in [0.717, 1.165) is 0 Å². The lowest BCUT2D eigenvalue weighted by atomic mass is 10.0. The minimum atomic E-state index is -0.611. The monoisotopic (exact) mass is 419 g/mol. The number of carbonyl (C=O) groups is 2. The molecule has 0 unspecified atom stereocenters. The summed E-state index contributed by atoms with van der Waals surface area (Å²) in [7, 11) is 4.61. The standard InChI is InChI=1S/C21H29N3O6/c1-21(2,3)30-20(26)24-12-16-14-10-18(29-6)17(28-5)9-13(14)15(11-23-16)19(25)22-7-8-27-4/h9-11H,7-8,12H2,1-6H3,(H,22,25)(H,24,26). The van der Waals surface area contributed by atoms with Crippen molar-refractivity contribution in [3.05, 3.63) is 29.6 Å². The van der Waals surface area contributed by atoms with Crippen molar-refractivity contribution >= 4 is 22.8 Å². The van der Waals surface area contributed by atoms with Crippen LogP contribution in [0.25, 0.3) is 10.8 Å². The van der Waals surface area contributed by atoms with Gasteiger partial charge in [0.2, 0.25) is 0 Å². The van der Waals surface area contributed by atoms with E-state index in [-0.39, 0.29) is 12.5 Å². The highest BCUT2D eigenvalue weighted by molar-refractivity contribution is 6.08. The largest absolute Gasteiger partial charge is 0.493 e. The van der Waals surface area contributed by atoms with Gasteiger partial charge in [-0.25, -0.2) is 4.79 Å². The van der Waals surface area contributed by atoms with Crippen molar-refractivity contribution in [2.75, 3.05) is 34.5 Å². The first kappa shape index (κ1) is 23.2. The molecule has 0 spiro atoms. The molecular weight excluding hydrogens is 390 g/mol. The van der Waals surface area contributed by atoms with Crippen molar-refractivity contribution in [2.24, 2.45) is 0 Å². The van der Waals surface area contributed by atoms with Crippen LogP contribution >= 0.6 is 0 Å². The molecule has 2 N–H and O–H groups in total. The number of alkyl carbamates (subject to hydrolysis) is 1. The molecule has 0 fully saturated rings. The molecule has 1 aromatic carbocycles. The molecule has 0 aliphatic rings. The van der Waals surface area contributed by atoms with Crippen molar-refractivity contribution in [1.82, 2.24) is 15.6 Å². The van der Waals surface area contributed by atoms with Crippen LogP contribution in [0.5, 0.6) is 11.5 Å². The van der Waals surface area contributed by atoms with Crippen LogP contribution in [-0.2, 0) is 16.0 Å². The Bertz CT molecular complexity index is 908. The summed E-state index contributed by atoms with van der Waals surface area (Å²) in [6.07, 6.45) is 0.919. The van der Waals surface area contributed by atoms with Gasteiger partial charge in [-0.15, -0.1) is 0 Å². The summed E-state index contributed by atoms with van der Waals surface area (Å²) >= 11 is 0. The van der Waals surface area contributed by atoms with Crippen LogP contribution in [0.3, 0.4) is 0 Å². The van der Waals surface area contributed by atoms with Gasteiger partial charge in [-0.3, -0.25) is 9.78 Å². The molecule has 0 aliphatic carbocycles. The second kappa shape index (κ2) is 10.1. The number of nitrogens with zero attached hydrogens (tertiary/aromatic N) is 1. The minimum absolute atomic E-state index is 0.118. The van der Waals surface area contributed by atoms with Crippen LogP contribution in [0.15, 0.2) is 18.3 Å². The third-order valence-electron chi connectivity index (χ3n) is 4.11. The lowest BCUT2D eigenvalue weighted by Gasteiger charge is -2.20. The second-order valence-electron chi connectivity index (χ2n) is 7.48. The topological polar surface area (TPSA) is 108 Å². The average Bonchev–Trinajstić information content (AvgIpc) is 2.69. The number of hydrogen-bond acceptors (Lipinski definition) is 7. The Morgan fingerprint density at radius 3 is 2.20 bits per heavy atom. The van der Waals surface area contributed by atoms with Crippen LogP contribution in [0, 0.1) is 0 Å². The van der Waals surface area contributed by atoms with Crippen molar-refractivity contribution < 1.29 is 28.5 Å². The van der Waals surface area contributed by atoms with E-state index in [2.05, 4.69) is 15.6 Å². The zero-order valence-corrected chi connectivity index (χ0v) is 18.3. The summed E-state index contributed by atoms with van der Waals surface area (Å²) in [4.78, 5) is 29.1. The summed E-state index contributed by atoms with van der Waals surface area (Å²) in [6.45, 7) is 6.24. The van der Waals surface area contributed by atoms with Crippen molar-refractivity contribution in [3.8, 4) is 11.5 Å². The zero-order chi connectivity index (χ0) is 22.3. The van der Waals surface area contributed by atoms with Gasteiger partial charge in [0.25, 0.3) is 5.91 Å². The molecule has 2 aromatic rings. The summed E-state index contributed by atoms with van der Waals surface area (Å²) < 4.78 is 21.0. The molecule has 0 saturated heterocycles. The molecule has 0 saturated carbocycles. The van der Waals surface area contributed by atoms with Gasteiger partial charge in [0.1, 0.15) is 5.60 Å². The van der Waals surface area contributed by atoms with Crippen LogP contribution in [0.1, 0.15) is 36.8 Å². The molecule has 9 heteroatoms. The fraction of sp³-hybridized carbons (Fsp3) is 0.476. The Morgan fingerprint density at radius 2 is 1.63 bits per heavy atom. The fourth-order valence-corrected chi connectivity index (χ4v) is 2.78. The number of pyridine rings is 1. The molecule has 2 rings (SSSR count). The zero-order valence-electron chi connectivity index (χ0n) is 18.3. The summed E-state index contributed by atoms with van der Waals surface area (Å²) in [5, 5.41) is 6.76. The van der Waals surface area contributed by atoms with E-state index in [0.29, 0.717) is 46.7 Å². The number of aromatic nitrogens is 1. The van der Waals surface area contributed by atoms with Crippen LogP contribution in [-0.4, -0.2) is 57.1 Å². The molecule has 0 atom stereocenters. The normalized spacial score (nSPS) is 11.1. The SMILES string of the molecule is COCCNC(=O)c1cnc(CNC(=O)OC(C)(C)C)c2cc(OC)c(OC)cc12. The van der Waals surface area contributed by atoms with E-state index in [9.17, 15) is 9.59 Å². The van der Waals surface area contributed by atoms with E-state index >= 15 is 0 Å². The van der Waals surface area contributed by atoms with E-state index in [4.69, 9.17) is 18.9 Å². The van der Waals surface area contributed by atoms with Crippen LogP contribution in [0.4, 0.5) is 4.79 Å². The number of carbonyl (C=O) groups excluding carboxylic acids is 2. The molecule has 164 valence electrons. The predicted octanol–water partition coefficient (Wildman–Crippen LogP) is 2.65. The van der Waals surface area contributed by atoms with Crippen LogP contribution in [0.2, 0.25) is 0 Å². The fourth-order valence-electron chi connectivity index (χ4n) is 2.78. The molecule has 2 amide bonds. The number of hydrogen-bond donors (Lipinski definition) is 2. The quantitative estimate of drug-likeness (QED) is 0.633. The smallest absolute Gasteiger partial charge is 0.407 e. The van der Waals surface area contributed by atoms with Gasteiger partial charge in [0, 0.05) is 30.6 Å². The number of methoxy groups -OCH3 is 3. The Hall–Kier alpha value is -3.07. The minimum Gasteiger partial charge on any atom is -0.493 e. The summed E-state index contributed by atoms with van der Waals surface area (Å²) in [6, 6.07) is 3.46. The first-order valence-electron chi connectivity index (χ1n) is 9.47. The number of nitrogens with one attached hydrogen (secondary N) is 2. The van der Waals surface area contributed by atoms with Gasteiger partial charge in [-0.2, -0.15) is 0 Å². The maximum atomic E-state index is 12.7. The molecule has 9 nitrogen and oxygen atoms in total. The maximum absolute atomic E-state index is 12.7. The van der Waals surface area contributed by atoms with E-state index < -0.39 is 11.7 Å². The summed E-state index contributed by atoms with van der Waals surface area (Å²) in [5.41, 5.74) is 0.327. The van der Waals surface area contributed by atoms with E-state index in [1.807, 2.05) is 0 Å². The predicted molar refractivity (Wildman–Crippen MR) is 112 cm³/mol. The van der Waals surface area contributed by atoms with Gasteiger partial charge < -0.3 is 29.6 Å². The van der Waals surface area contributed by atoms with Gasteiger partial charge in [-0.1, -0.05) is 0 Å². The Kier molecular flexibility index (Phi) is 7.82. The van der Waals surface area contributed by atoms with E-state index in [1.54, 1.807) is 40.0 Å². The third kappa shape index (κ3) is 5.96. The van der Waals surface area contributed by atoms with Crippen molar-refractivity contribution in [1.29, 1.82) is 0 Å². The Morgan fingerprint density at radius 1 is 1.00 bits per heavy atom. The first-order valence-corrected chi connectivity index (χ1v) is 9.47. The average molecular weight is 419 g/mol. The molecule has 30 heavy (non-hydrogen) atoms. The van der Waals surface area contributed by atoms with Crippen LogP contribution < -0.4 is 20.1 Å². The molecular formula is C21H29N3O6. The van der Waals surface area contributed by atoms with Crippen molar-refractivity contribution in [3.63, 3.8) is 0 Å². The second-order valence-corrected chi connectivity index (χ2v) is 7.48. The van der Waals surface area contributed by atoms with Gasteiger partial charge in [0.05, 0.1) is 38.6 Å². The highest BCUT2D eigenvalue weighted by Crippen LogP contribution is 2.34. The molecule has 1 heterocycles. The summed E-state index contributed by atoms with van der Waals surface area (Å²) in [5.74, 6) is 0.680.